The zero-order valence-electron chi connectivity index (χ0n) is 34.4. The molecule has 66 heavy (non-hydrogen) atoms. The lowest BCUT2D eigenvalue weighted by Crippen LogP contribution is -2.55. The SMILES string of the molecule is CCOC(=O)C1(C)CC(=O)Nc2nc(-c3nn(Cc4ccccc4F)c4nc(-c5ccc(F)c(Cn6nc(-c7ncc8c(n7)NC(=O)C8(N)C(F)(F)F)c7cccnc76)c5)ccc34)nnc21. The molecule has 0 spiro atoms. The van der Waals surface area contributed by atoms with Crippen LogP contribution in [-0.4, -0.2) is 85.2 Å². The molecule has 2 aliphatic rings. The van der Waals surface area contributed by atoms with E-state index in [1.54, 1.807) is 55.5 Å². The molecule has 0 aliphatic carbocycles. The molecule has 0 saturated heterocycles. The zero-order chi connectivity index (χ0) is 46.3. The molecule has 2 aromatic carbocycles. The molecule has 6 aromatic heterocycles. The molecule has 0 radical (unpaired) electrons. The van der Waals surface area contributed by atoms with Crippen molar-refractivity contribution >= 4 is 51.5 Å². The van der Waals surface area contributed by atoms with Crippen LogP contribution in [0.5, 0.6) is 0 Å². The van der Waals surface area contributed by atoms with E-state index < -0.39 is 57.9 Å². The van der Waals surface area contributed by atoms with Crippen molar-refractivity contribution in [3.05, 3.63) is 113 Å². The summed E-state index contributed by atoms with van der Waals surface area (Å²) in [6.45, 7) is 2.98. The fourth-order valence-electron chi connectivity index (χ4n) is 7.99. The van der Waals surface area contributed by atoms with E-state index in [2.05, 4.69) is 45.9 Å². The second-order valence-electron chi connectivity index (χ2n) is 15.7. The van der Waals surface area contributed by atoms with Crippen LogP contribution in [0.4, 0.5) is 33.6 Å². The van der Waals surface area contributed by atoms with Crippen LogP contribution >= 0.6 is 0 Å². The summed E-state index contributed by atoms with van der Waals surface area (Å²) in [4.78, 5) is 60.4. The molecule has 8 heterocycles. The van der Waals surface area contributed by atoms with Gasteiger partial charge in [-0.3, -0.25) is 14.4 Å². The standard InChI is InChI=1S/C43H31F5N14O4/c1-3-66-40(65)41(2)16-29(63)53-36-32(41)57-58-35(55-36)31-24-11-13-28(52-38(24)62(60-31)18-21-7-4-5-9-26(21)44)20-10-12-27(45)22(15-20)19-61-37-23(8-6-14-50-37)30(59-61)34-51-17-25-33(54-34)56-39(64)42(25,49)43(46,47)48/h4-15,17H,3,16,18-19,49H2,1-2H3,(H,51,54,56,64)(H,53,55,58,63). The Labute approximate surface area is 367 Å². The molecule has 2 amide bonds. The topological polar surface area (TPSA) is 236 Å². The van der Waals surface area contributed by atoms with Gasteiger partial charge in [0.15, 0.2) is 22.9 Å². The van der Waals surface area contributed by atoms with Crippen LogP contribution in [0.3, 0.4) is 0 Å². The average molecular weight is 903 g/mol. The summed E-state index contributed by atoms with van der Waals surface area (Å²) < 4.78 is 80.6. The van der Waals surface area contributed by atoms with Crippen molar-refractivity contribution in [1.29, 1.82) is 0 Å². The number of carbonyl (C=O) groups is 3. The van der Waals surface area contributed by atoms with Gasteiger partial charge in [0.05, 0.1) is 41.7 Å². The number of nitrogens with two attached hydrogens (primary N) is 1. The fraction of sp³-hybridized carbons (Fsp3) is 0.209. The predicted octanol–water partition coefficient (Wildman–Crippen LogP) is 5.36. The van der Waals surface area contributed by atoms with Gasteiger partial charge in [-0.25, -0.2) is 43.1 Å². The van der Waals surface area contributed by atoms with E-state index in [9.17, 15) is 27.6 Å². The Kier molecular flexibility index (Phi) is 9.63. The van der Waals surface area contributed by atoms with Gasteiger partial charge in [-0.1, -0.05) is 18.2 Å². The molecule has 8 aromatic rings. The molecule has 18 nitrogen and oxygen atoms in total. The Morgan fingerprint density at radius 2 is 1.53 bits per heavy atom. The number of benzene rings is 2. The number of nitrogens with one attached hydrogen (secondary N) is 2. The summed E-state index contributed by atoms with van der Waals surface area (Å²) in [5.41, 5.74) is 2.24. The predicted molar refractivity (Wildman–Crippen MR) is 223 cm³/mol. The van der Waals surface area contributed by atoms with Gasteiger partial charge >= 0.3 is 12.1 Å². The molecule has 10 rings (SSSR count). The molecule has 23 heteroatoms. The number of anilines is 2. The second kappa shape index (κ2) is 15.2. The van der Waals surface area contributed by atoms with E-state index in [-0.39, 0.29) is 83.1 Å². The van der Waals surface area contributed by atoms with Crippen LogP contribution in [0, 0.1) is 11.6 Å². The summed E-state index contributed by atoms with van der Waals surface area (Å²) in [5, 5.41) is 23.5. The van der Waals surface area contributed by atoms with Crippen molar-refractivity contribution in [2.75, 3.05) is 17.2 Å². The third-order valence-corrected chi connectivity index (χ3v) is 11.4. The first kappa shape index (κ1) is 41.8. The van der Waals surface area contributed by atoms with Gasteiger partial charge in [0.25, 0.3) is 5.91 Å². The molecule has 0 bridgehead atoms. The lowest BCUT2D eigenvalue weighted by molar-refractivity contribution is -0.189. The van der Waals surface area contributed by atoms with Crippen LogP contribution in [-0.2, 0) is 43.2 Å². The number of aromatic nitrogens is 11. The Morgan fingerprint density at radius 3 is 2.30 bits per heavy atom. The van der Waals surface area contributed by atoms with Crippen LogP contribution in [0.25, 0.3) is 56.4 Å². The van der Waals surface area contributed by atoms with Crippen molar-refractivity contribution in [1.82, 2.24) is 54.7 Å². The van der Waals surface area contributed by atoms with E-state index in [0.717, 1.165) is 6.20 Å². The van der Waals surface area contributed by atoms with Gasteiger partial charge in [0, 0.05) is 35.5 Å². The van der Waals surface area contributed by atoms with E-state index in [4.69, 9.17) is 20.6 Å². The van der Waals surface area contributed by atoms with Crippen LogP contribution < -0.4 is 16.4 Å². The first-order chi connectivity index (χ1) is 31.6. The van der Waals surface area contributed by atoms with Crippen LogP contribution in [0.15, 0.2) is 79.1 Å². The highest BCUT2D eigenvalue weighted by Crippen LogP contribution is 2.45. The summed E-state index contributed by atoms with van der Waals surface area (Å²) in [6.07, 6.45) is -3.07. The maximum atomic E-state index is 15.7. The van der Waals surface area contributed by atoms with Crippen molar-refractivity contribution in [2.24, 2.45) is 5.73 Å². The molecule has 2 unspecified atom stereocenters. The minimum absolute atomic E-state index is 0.00353. The van der Waals surface area contributed by atoms with Crippen molar-refractivity contribution in [3.8, 4) is 34.3 Å². The first-order valence-corrected chi connectivity index (χ1v) is 20.1. The Hall–Kier alpha value is -8.21. The highest BCUT2D eigenvalue weighted by molar-refractivity contribution is 6.06. The number of hydrogen-bond donors (Lipinski definition) is 3. The second-order valence-corrected chi connectivity index (χ2v) is 15.7. The number of nitrogens with zero attached hydrogens (tertiary/aromatic N) is 11. The average Bonchev–Trinajstić information content (AvgIpc) is 3.93. The number of pyridine rings is 2. The van der Waals surface area contributed by atoms with E-state index >= 15 is 8.78 Å². The third kappa shape index (κ3) is 6.64. The largest absolute Gasteiger partial charge is 0.465 e. The first-order valence-electron chi connectivity index (χ1n) is 20.1. The van der Waals surface area contributed by atoms with Gasteiger partial charge in [0.1, 0.15) is 39.9 Å². The smallest absolute Gasteiger partial charge is 0.419 e. The number of halogens is 5. The highest BCUT2D eigenvalue weighted by atomic mass is 19.4. The monoisotopic (exact) mass is 902 g/mol. The summed E-state index contributed by atoms with van der Waals surface area (Å²) in [5.74, 6) is -4.37. The van der Waals surface area contributed by atoms with Crippen molar-refractivity contribution in [2.45, 2.75) is 50.5 Å². The maximum Gasteiger partial charge on any atom is 0.419 e. The minimum Gasteiger partial charge on any atom is -0.465 e. The highest BCUT2D eigenvalue weighted by Gasteiger charge is 2.63. The Morgan fingerprint density at radius 1 is 0.818 bits per heavy atom. The number of hydrogen-bond acceptors (Lipinski definition) is 14. The zero-order valence-corrected chi connectivity index (χ0v) is 34.4. The molecular formula is C43H31F5N14O4. The molecule has 4 N–H and O–H groups in total. The lowest BCUT2D eigenvalue weighted by atomic mass is 9.80. The van der Waals surface area contributed by atoms with E-state index in [0.29, 0.717) is 22.0 Å². The maximum absolute atomic E-state index is 15.7. The number of amides is 2. The molecule has 332 valence electrons. The normalized spacial score (nSPS) is 18.0. The Bertz CT molecular complexity index is 3360. The van der Waals surface area contributed by atoms with Crippen LogP contribution in [0.2, 0.25) is 0 Å². The van der Waals surface area contributed by atoms with Gasteiger partial charge in [-0.15, -0.1) is 10.2 Å². The molecular weight excluding hydrogens is 872 g/mol. The van der Waals surface area contributed by atoms with Gasteiger partial charge in [-0.05, 0) is 62.4 Å². The minimum atomic E-state index is -5.13. The fourth-order valence-corrected chi connectivity index (χ4v) is 7.99. The third-order valence-electron chi connectivity index (χ3n) is 11.4. The number of alkyl halides is 3. The molecule has 2 atom stereocenters. The quantitative estimate of drug-likeness (QED) is 0.122. The number of ether oxygens (including phenoxy) is 1. The van der Waals surface area contributed by atoms with Crippen molar-refractivity contribution < 1.29 is 41.1 Å². The summed E-state index contributed by atoms with van der Waals surface area (Å²) in [7, 11) is 0. The van der Waals surface area contributed by atoms with E-state index in [1.807, 2.05) is 0 Å². The van der Waals surface area contributed by atoms with E-state index in [1.165, 1.54) is 40.7 Å². The number of esters is 1. The van der Waals surface area contributed by atoms with Gasteiger partial charge in [-0.2, -0.15) is 23.4 Å². The molecule has 0 saturated carbocycles. The summed E-state index contributed by atoms with van der Waals surface area (Å²) in [6, 6.07) is 17.0. The molecule has 2 aliphatic heterocycles. The van der Waals surface area contributed by atoms with Crippen molar-refractivity contribution in [3.63, 3.8) is 0 Å². The number of fused-ring (bicyclic) bond motifs is 4. The van der Waals surface area contributed by atoms with Gasteiger partial charge in [0.2, 0.25) is 17.3 Å². The lowest BCUT2D eigenvalue weighted by Gasteiger charge is -2.30. The summed E-state index contributed by atoms with van der Waals surface area (Å²) >= 11 is 0. The van der Waals surface area contributed by atoms with Gasteiger partial charge < -0.3 is 21.1 Å². The number of rotatable bonds is 9. The molecule has 0 fully saturated rings. The number of carbonyl (C=O) groups excluding carboxylic acids is 3. The Balaban J connectivity index is 1.02. The van der Waals surface area contributed by atoms with Crippen LogP contribution in [0.1, 0.15) is 42.7 Å².